The van der Waals surface area contributed by atoms with Crippen LogP contribution in [0.15, 0.2) is 35.3 Å². The van der Waals surface area contributed by atoms with Crippen LogP contribution < -0.4 is 11.3 Å². The van der Waals surface area contributed by atoms with Gasteiger partial charge >= 0.3 is 0 Å². The predicted molar refractivity (Wildman–Crippen MR) is 75.9 cm³/mol. The molecule has 0 aliphatic rings. The summed E-state index contributed by atoms with van der Waals surface area (Å²) < 4.78 is 1.55. The Morgan fingerprint density at radius 2 is 2.33 bits per heavy atom. The number of rotatable bonds is 5. The third kappa shape index (κ3) is 3.11. The molecule has 96 valence electrons. The van der Waals surface area contributed by atoms with Gasteiger partial charge in [0.1, 0.15) is 5.65 Å². The van der Waals surface area contributed by atoms with Crippen LogP contribution in [0.4, 0.5) is 0 Å². The zero-order chi connectivity index (χ0) is 13.0. The predicted octanol–water partition coefficient (Wildman–Crippen LogP) is 1.66. The molecule has 0 aliphatic carbocycles. The number of hydrogen-bond donors (Lipinski definition) is 1. The van der Waals surface area contributed by atoms with Crippen molar-refractivity contribution < 1.29 is 0 Å². The number of pyridine rings is 1. The highest BCUT2D eigenvalue weighted by atomic mass is 32.2. The van der Waals surface area contributed by atoms with Gasteiger partial charge in [-0.1, -0.05) is 13.0 Å². The molecule has 2 N–H and O–H groups in total. The van der Waals surface area contributed by atoms with Crippen molar-refractivity contribution in [2.24, 2.45) is 5.73 Å². The largest absolute Gasteiger partial charge is 0.327 e. The fourth-order valence-electron chi connectivity index (χ4n) is 1.61. The first-order chi connectivity index (χ1) is 8.70. The van der Waals surface area contributed by atoms with Gasteiger partial charge in [0.2, 0.25) is 0 Å². The molecular weight excluding hydrogens is 246 g/mol. The van der Waals surface area contributed by atoms with Crippen molar-refractivity contribution in [3.05, 3.63) is 46.5 Å². The molecule has 5 heteroatoms. The molecule has 1 atom stereocenters. The maximum Gasteiger partial charge on any atom is 0.258 e. The second-order valence-corrected chi connectivity index (χ2v) is 5.23. The minimum absolute atomic E-state index is 0.0315. The van der Waals surface area contributed by atoms with Crippen molar-refractivity contribution in [1.82, 2.24) is 9.38 Å². The van der Waals surface area contributed by atoms with Crippen LogP contribution in [0, 0.1) is 0 Å². The van der Waals surface area contributed by atoms with Gasteiger partial charge in [0, 0.05) is 29.8 Å². The van der Waals surface area contributed by atoms with E-state index in [1.165, 1.54) is 0 Å². The van der Waals surface area contributed by atoms with E-state index in [2.05, 4.69) is 11.9 Å². The molecule has 0 saturated carbocycles. The van der Waals surface area contributed by atoms with Crippen LogP contribution in [-0.4, -0.2) is 21.2 Å². The van der Waals surface area contributed by atoms with Gasteiger partial charge in [-0.25, -0.2) is 4.98 Å². The SMILES string of the molecule is CCC(N)CSCc1cc(=O)n2ccccc2n1. The van der Waals surface area contributed by atoms with Gasteiger partial charge in [0.25, 0.3) is 5.56 Å². The molecule has 0 radical (unpaired) electrons. The molecule has 2 aromatic heterocycles. The van der Waals surface area contributed by atoms with E-state index in [-0.39, 0.29) is 11.6 Å². The van der Waals surface area contributed by atoms with Crippen LogP contribution in [-0.2, 0) is 5.75 Å². The fourth-order valence-corrected chi connectivity index (χ4v) is 2.62. The van der Waals surface area contributed by atoms with Gasteiger partial charge < -0.3 is 5.73 Å². The van der Waals surface area contributed by atoms with Gasteiger partial charge in [0.05, 0.1) is 5.69 Å². The van der Waals surface area contributed by atoms with Crippen LogP contribution in [0.25, 0.3) is 5.65 Å². The van der Waals surface area contributed by atoms with Gasteiger partial charge in [-0.05, 0) is 18.6 Å². The lowest BCUT2D eigenvalue weighted by atomic mass is 10.3. The number of nitrogens with two attached hydrogens (primary N) is 1. The number of aromatic nitrogens is 2. The van der Waals surface area contributed by atoms with Crippen molar-refractivity contribution in [3.8, 4) is 0 Å². The Hall–Kier alpha value is -1.33. The highest BCUT2D eigenvalue weighted by molar-refractivity contribution is 7.98. The maximum absolute atomic E-state index is 11.8. The fraction of sp³-hybridized carbons (Fsp3) is 0.385. The van der Waals surface area contributed by atoms with Crippen molar-refractivity contribution in [2.45, 2.75) is 25.1 Å². The van der Waals surface area contributed by atoms with E-state index in [0.717, 1.165) is 23.6 Å². The lowest BCUT2D eigenvalue weighted by molar-refractivity contribution is 0.724. The summed E-state index contributed by atoms with van der Waals surface area (Å²) in [5.41, 5.74) is 7.33. The quantitative estimate of drug-likeness (QED) is 0.891. The van der Waals surface area contributed by atoms with Gasteiger partial charge in [-0.3, -0.25) is 9.20 Å². The monoisotopic (exact) mass is 263 g/mol. The molecule has 2 aromatic rings. The summed E-state index contributed by atoms with van der Waals surface area (Å²) in [5, 5.41) is 0. The number of thioether (sulfide) groups is 1. The van der Waals surface area contributed by atoms with Crippen molar-refractivity contribution in [3.63, 3.8) is 0 Å². The van der Waals surface area contributed by atoms with Gasteiger partial charge in [-0.15, -0.1) is 0 Å². The first kappa shape index (κ1) is 13.1. The van der Waals surface area contributed by atoms with Gasteiger partial charge in [0.15, 0.2) is 0 Å². The van der Waals surface area contributed by atoms with Crippen LogP contribution in [0.2, 0.25) is 0 Å². The summed E-state index contributed by atoms with van der Waals surface area (Å²) in [5.74, 6) is 1.63. The average Bonchev–Trinajstić information content (AvgIpc) is 2.38. The van der Waals surface area contributed by atoms with Crippen LogP contribution in [0.5, 0.6) is 0 Å². The third-order valence-electron chi connectivity index (χ3n) is 2.73. The number of hydrogen-bond acceptors (Lipinski definition) is 4. The Kier molecular flexibility index (Phi) is 4.38. The molecule has 2 heterocycles. The molecule has 1 unspecified atom stereocenters. The second-order valence-electron chi connectivity index (χ2n) is 4.20. The first-order valence-electron chi connectivity index (χ1n) is 6.01. The van der Waals surface area contributed by atoms with Crippen LogP contribution in [0.1, 0.15) is 19.0 Å². The second kappa shape index (κ2) is 6.02. The minimum atomic E-state index is -0.0315. The summed E-state index contributed by atoms with van der Waals surface area (Å²) >= 11 is 1.72. The van der Waals surface area contributed by atoms with Crippen LogP contribution in [0.3, 0.4) is 0 Å². The Labute approximate surface area is 110 Å². The lowest BCUT2D eigenvalue weighted by Crippen LogP contribution is -2.21. The molecule has 2 rings (SSSR count). The Morgan fingerprint density at radius 3 is 3.11 bits per heavy atom. The molecule has 0 aliphatic heterocycles. The topological polar surface area (TPSA) is 60.4 Å². The van der Waals surface area contributed by atoms with E-state index < -0.39 is 0 Å². The summed E-state index contributed by atoms with van der Waals surface area (Å²) in [4.78, 5) is 16.3. The Morgan fingerprint density at radius 1 is 1.50 bits per heavy atom. The Balaban J connectivity index is 2.12. The first-order valence-corrected chi connectivity index (χ1v) is 7.17. The lowest BCUT2D eigenvalue weighted by Gasteiger charge is -2.08. The summed E-state index contributed by atoms with van der Waals surface area (Å²) in [6.45, 7) is 2.08. The molecule has 0 spiro atoms. The highest BCUT2D eigenvalue weighted by Crippen LogP contribution is 2.11. The minimum Gasteiger partial charge on any atom is -0.327 e. The molecule has 0 fully saturated rings. The van der Waals surface area contributed by atoms with E-state index >= 15 is 0 Å². The Bertz CT molecular complexity index is 582. The molecule has 0 bridgehead atoms. The number of fused-ring (bicyclic) bond motifs is 1. The van der Waals surface area contributed by atoms with Gasteiger partial charge in [-0.2, -0.15) is 11.8 Å². The molecule has 0 saturated heterocycles. The molecule has 0 aromatic carbocycles. The van der Waals surface area contributed by atoms with E-state index in [1.54, 1.807) is 28.4 Å². The smallest absolute Gasteiger partial charge is 0.258 e. The van der Waals surface area contributed by atoms with Crippen molar-refractivity contribution >= 4 is 17.4 Å². The van der Waals surface area contributed by atoms with E-state index in [1.807, 2.05) is 18.2 Å². The average molecular weight is 263 g/mol. The zero-order valence-electron chi connectivity index (χ0n) is 10.4. The molecular formula is C13H17N3OS. The normalized spacial score (nSPS) is 12.8. The molecule has 4 nitrogen and oxygen atoms in total. The highest BCUT2D eigenvalue weighted by Gasteiger charge is 2.03. The van der Waals surface area contributed by atoms with E-state index in [0.29, 0.717) is 5.65 Å². The molecule has 0 amide bonds. The zero-order valence-corrected chi connectivity index (χ0v) is 11.2. The van der Waals surface area contributed by atoms with Crippen molar-refractivity contribution in [1.29, 1.82) is 0 Å². The van der Waals surface area contributed by atoms with Crippen molar-refractivity contribution in [2.75, 3.05) is 5.75 Å². The summed E-state index contributed by atoms with van der Waals surface area (Å²) in [6, 6.07) is 7.36. The number of nitrogens with zero attached hydrogens (tertiary/aromatic N) is 2. The summed E-state index contributed by atoms with van der Waals surface area (Å²) in [6.07, 6.45) is 2.70. The standard InChI is InChI=1S/C13H17N3OS/c1-2-10(14)8-18-9-11-7-13(17)16-6-4-3-5-12(16)15-11/h3-7,10H,2,8-9,14H2,1H3. The summed E-state index contributed by atoms with van der Waals surface area (Å²) in [7, 11) is 0. The van der Waals surface area contributed by atoms with E-state index in [4.69, 9.17) is 5.73 Å². The molecule has 18 heavy (non-hydrogen) atoms. The maximum atomic E-state index is 11.8. The third-order valence-corrected chi connectivity index (χ3v) is 3.89. The van der Waals surface area contributed by atoms with Crippen LogP contribution >= 0.6 is 11.8 Å². The van der Waals surface area contributed by atoms with E-state index in [9.17, 15) is 4.79 Å².